The summed E-state index contributed by atoms with van der Waals surface area (Å²) >= 11 is 5.78. The second-order valence-corrected chi connectivity index (χ2v) is 5.12. The average molecular weight is 301 g/mol. The number of hydrogen-bond acceptors (Lipinski definition) is 4. The van der Waals surface area contributed by atoms with Gasteiger partial charge < -0.3 is 19.3 Å². The molecule has 5 nitrogen and oxygen atoms in total. The lowest BCUT2D eigenvalue weighted by Crippen LogP contribution is -2.19. The zero-order valence-corrected chi connectivity index (χ0v) is 11.8. The molecule has 1 heterocycles. The van der Waals surface area contributed by atoms with Crippen LogP contribution in [0.25, 0.3) is 0 Å². The van der Waals surface area contributed by atoms with E-state index in [1.165, 1.54) is 0 Å². The van der Waals surface area contributed by atoms with E-state index in [0.717, 1.165) is 25.0 Å². The van der Waals surface area contributed by atoms with Crippen LogP contribution in [0.5, 0.6) is 5.75 Å². The predicted molar refractivity (Wildman–Crippen MR) is 73.2 cm³/mol. The molecular weight excluding hydrogens is 284 g/mol. The molecule has 1 atom stereocenters. The van der Waals surface area contributed by atoms with Gasteiger partial charge in [0.1, 0.15) is 12.4 Å². The van der Waals surface area contributed by atoms with Gasteiger partial charge in [0, 0.05) is 11.4 Å². The minimum absolute atomic E-state index is 0.362. The molecule has 0 bridgehead atoms. The number of halogens is 1. The SMILES string of the molecule is O=C(O)O[C@]1(CCCCCOc2ccc(Cl)cc2)CO1. The fraction of sp³-hybridized carbons (Fsp3) is 0.500. The molecule has 0 unspecified atom stereocenters. The van der Waals surface area contributed by atoms with Gasteiger partial charge >= 0.3 is 6.16 Å². The van der Waals surface area contributed by atoms with E-state index in [1.54, 1.807) is 12.1 Å². The van der Waals surface area contributed by atoms with E-state index < -0.39 is 11.9 Å². The highest BCUT2D eigenvalue weighted by Crippen LogP contribution is 2.34. The predicted octanol–water partition coefficient (Wildman–Crippen LogP) is 3.70. The van der Waals surface area contributed by atoms with E-state index in [0.29, 0.717) is 24.7 Å². The Morgan fingerprint density at radius 1 is 1.30 bits per heavy atom. The van der Waals surface area contributed by atoms with Gasteiger partial charge in [0.15, 0.2) is 0 Å². The van der Waals surface area contributed by atoms with Gasteiger partial charge in [-0.25, -0.2) is 4.79 Å². The molecule has 0 saturated carbocycles. The molecule has 6 heteroatoms. The molecule has 1 aromatic carbocycles. The summed E-state index contributed by atoms with van der Waals surface area (Å²) in [5.41, 5.74) is 0. The Morgan fingerprint density at radius 3 is 2.60 bits per heavy atom. The van der Waals surface area contributed by atoms with Crippen LogP contribution in [0, 0.1) is 0 Å². The van der Waals surface area contributed by atoms with E-state index in [4.69, 9.17) is 26.2 Å². The Labute approximate surface area is 122 Å². The highest BCUT2D eigenvalue weighted by atomic mass is 35.5. The van der Waals surface area contributed by atoms with Crippen LogP contribution < -0.4 is 4.74 Å². The Bertz CT molecular complexity index is 441. The molecule has 20 heavy (non-hydrogen) atoms. The maximum absolute atomic E-state index is 10.4. The Morgan fingerprint density at radius 2 is 2.00 bits per heavy atom. The molecule has 1 aliphatic rings. The van der Waals surface area contributed by atoms with Gasteiger partial charge in [0.2, 0.25) is 5.79 Å². The van der Waals surface area contributed by atoms with Crippen molar-refractivity contribution in [2.24, 2.45) is 0 Å². The number of epoxide rings is 1. The van der Waals surface area contributed by atoms with Crippen LogP contribution in [0.2, 0.25) is 5.02 Å². The maximum atomic E-state index is 10.4. The highest BCUT2D eigenvalue weighted by molar-refractivity contribution is 6.30. The molecule has 1 aromatic rings. The second kappa shape index (κ2) is 6.81. The van der Waals surface area contributed by atoms with Crippen molar-refractivity contribution in [3.8, 4) is 5.75 Å². The van der Waals surface area contributed by atoms with Crippen LogP contribution >= 0.6 is 11.6 Å². The smallest absolute Gasteiger partial charge is 0.494 e. The highest BCUT2D eigenvalue weighted by Gasteiger charge is 2.48. The summed E-state index contributed by atoms with van der Waals surface area (Å²) in [6.07, 6.45) is 1.99. The van der Waals surface area contributed by atoms with Crippen molar-refractivity contribution in [1.29, 1.82) is 0 Å². The largest absolute Gasteiger partial charge is 0.508 e. The first-order valence-corrected chi connectivity index (χ1v) is 6.92. The third-order valence-electron chi connectivity index (χ3n) is 3.02. The van der Waals surface area contributed by atoms with E-state index in [2.05, 4.69) is 4.74 Å². The van der Waals surface area contributed by atoms with Crippen molar-refractivity contribution in [2.75, 3.05) is 13.2 Å². The minimum atomic E-state index is -1.28. The standard InChI is InChI=1S/C14H17ClO5/c15-11-4-6-12(7-5-11)18-9-3-1-2-8-14(10-19-14)20-13(16)17/h4-7H,1-3,8-10H2,(H,16,17)/t14-/m1/s1. The average Bonchev–Trinajstić information content (AvgIpc) is 3.15. The summed E-state index contributed by atoms with van der Waals surface area (Å²) < 4.78 is 15.3. The molecule has 2 rings (SSSR count). The van der Waals surface area contributed by atoms with E-state index in [9.17, 15) is 4.79 Å². The van der Waals surface area contributed by atoms with Gasteiger partial charge in [-0.15, -0.1) is 0 Å². The summed E-state index contributed by atoms with van der Waals surface area (Å²) in [7, 11) is 0. The number of carboxylic acid groups (broad SMARTS) is 1. The van der Waals surface area contributed by atoms with Crippen LogP contribution in [0.4, 0.5) is 4.79 Å². The van der Waals surface area contributed by atoms with Crippen molar-refractivity contribution < 1.29 is 24.1 Å². The lowest BCUT2D eigenvalue weighted by Gasteiger charge is -2.10. The fourth-order valence-electron chi connectivity index (χ4n) is 1.89. The monoisotopic (exact) mass is 300 g/mol. The first-order valence-electron chi connectivity index (χ1n) is 6.54. The van der Waals surface area contributed by atoms with Gasteiger partial charge in [0.25, 0.3) is 0 Å². The second-order valence-electron chi connectivity index (χ2n) is 4.68. The zero-order chi connectivity index (χ0) is 14.4. The molecule has 110 valence electrons. The van der Waals surface area contributed by atoms with Crippen molar-refractivity contribution >= 4 is 17.8 Å². The van der Waals surface area contributed by atoms with Crippen LogP contribution in [0.3, 0.4) is 0 Å². The fourth-order valence-corrected chi connectivity index (χ4v) is 2.01. The summed E-state index contributed by atoms with van der Waals surface area (Å²) in [6, 6.07) is 7.23. The summed E-state index contributed by atoms with van der Waals surface area (Å²) in [5, 5.41) is 9.23. The quantitative estimate of drug-likeness (QED) is 0.450. The molecule has 0 radical (unpaired) electrons. The summed E-state index contributed by atoms with van der Waals surface area (Å²) in [5.74, 6) is -0.0753. The molecule has 0 aliphatic carbocycles. The number of unbranched alkanes of at least 4 members (excludes halogenated alkanes) is 2. The van der Waals surface area contributed by atoms with Crippen LogP contribution in [0.1, 0.15) is 25.7 Å². The van der Waals surface area contributed by atoms with Gasteiger partial charge in [-0.05, 0) is 43.5 Å². The number of benzene rings is 1. The lowest BCUT2D eigenvalue weighted by atomic mass is 10.1. The maximum Gasteiger partial charge on any atom is 0.508 e. The van der Waals surface area contributed by atoms with Crippen LogP contribution in [-0.4, -0.2) is 30.3 Å². The van der Waals surface area contributed by atoms with Crippen molar-refractivity contribution in [3.63, 3.8) is 0 Å². The van der Waals surface area contributed by atoms with E-state index in [-0.39, 0.29) is 0 Å². The van der Waals surface area contributed by atoms with Crippen LogP contribution in [0.15, 0.2) is 24.3 Å². The minimum Gasteiger partial charge on any atom is -0.494 e. The van der Waals surface area contributed by atoms with Gasteiger partial charge in [-0.2, -0.15) is 0 Å². The van der Waals surface area contributed by atoms with Gasteiger partial charge in [-0.1, -0.05) is 11.6 Å². The van der Waals surface area contributed by atoms with Crippen molar-refractivity contribution in [3.05, 3.63) is 29.3 Å². The molecule has 0 aromatic heterocycles. The van der Waals surface area contributed by atoms with Gasteiger partial charge in [-0.3, -0.25) is 0 Å². The van der Waals surface area contributed by atoms with Crippen molar-refractivity contribution in [1.82, 2.24) is 0 Å². The third kappa shape index (κ3) is 4.90. The third-order valence-corrected chi connectivity index (χ3v) is 3.28. The van der Waals surface area contributed by atoms with E-state index >= 15 is 0 Å². The number of hydrogen-bond donors (Lipinski definition) is 1. The van der Waals surface area contributed by atoms with Crippen molar-refractivity contribution in [2.45, 2.75) is 31.5 Å². The lowest BCUT2D eigenvalue weighted by molar-refractivity contribution is -0.0245. The summed E-state index contributed by atoms with van der Waals surface area (Å²) in [6.45, 7) is 0.982. The van der Waals surface area contributed by atoms with E-state index in [1.807, 2.05) is 12.1 Å². The Hall–Kier alpha value is -1.46. The molecule has 0 amide bonds. The van der Waals surface area contributed by atoms with Gasteiger partial charge in [0.05, 0.1) is 6.61 Å². The molecule has 1 fully saturated rings. The first-order chi connectivity index (χ1) is 9.60. The zero-order valence-electron chi connectivity index (χ0n) is 11.0. The molecule has 0 spiro atoms. The normalized spacial score (nSPS) is 20.4. The molecule has 1 saturated heterocycles. The Kier molecular flexibility index (Phi) is 5.09. The molecular formula is C14H17ClO5. The number of ether oxygens (including phenoxy) is 3. The number of carbonyl (C=O) groups is 1. The summed E-state index contributed by atoms with van der Waals surface area (Å²) in [4.78, 5) is 10.4. The first kappa shape index (κ1) is 14.9. The Balaban J connectivity index is 1.54. The number of rotatable bonds is 8. The van der Waals surface area contributed by atoms with Crippen LogP contribution in [-0.2, 0) is 9.47 Å². The molecule has 1 N–H and O–H groups in total. The topological polar surface area (TPSA) is 68.3 Å². The molecule has 1 aliphatic heterocycles.